The second kappa shape index (κ2) is 11.2. The van der Waals surface area contributed by atoms with Crippen molar-refractivity contribution in [1.82, 2.24) is 0 Å². The summed E-state index contributed by atoms with van der Waals surface area (Å²) in [6.07, 6.45) is 4.39. The third-order valence-electron chi connectivity index (χ3n) is 3.89. The number of hydrogen-bond acceptors (Lipinski definition) is 6. The lowest BCUT2D eigenvalue weighted by atomic mass is 10.1. The van der Waals surface area contributed by atoms with Crippen LogP contribution in [0.3, 0.4) is 0 Å². The molecule has 0 N–H and O–H groups in total. The van der Waals surface area contributed by atoms with E-state index in [0.717, 1.165) is 11.1 Å². The van der Waals surface area contributed by atoms with E-state index in [2.05, 4.69) is 0 Å². The van der Waals surface area contributed by atoms with Gasteiger partial charge in [0.1, 0.15) is 11.6 Å². The molecule has 0 atom stereocenters. The Morgan fingerprint density at radius 3 is 2.33 bits per heavy atom. The maximum absolute atomic E-state index is 12.2. The maximum atomic E-state index is 12.2. The molecule has 2 aromatic rings. The summed E-state index contributed by atoms with van der Waals surface area (Å²) in [5.41, 5.74) is 2.42. The van der Waals surface area contributed by atoms with Crippen molar-refractivity contribution in [3.05, 3.63) is 70.8 Å². The lowest BCUT2D eigenvalue weighted by molar-refractivity contribution is -0.138. The van der Waals surface area contributed by atoms with Crippen LogP contribution in [0.5, 0.6) is 11.5 Å². The molecule has 0 aliphatic carbocycles. The van der Waals surface area contributed by atoms with Crippen molar-refractivity contribution in [2.45, 2.75) is 20.8 Å². The predicted octanol–water partition coefficient (Wildman–Crippen LogP) is 4.48. The first-order valence-electron chi connectivity index (χ1n) is 9.49. The largest absolute Gasteiger partial charge is 0.490 e. The minimum Gasteiger partial charge on any atom is -0.490 e. The smallest absolute Gasteiger partial charge is 0.348 e. The third-order valence-corrected chi connectivity index (χ3v) is 3.89. The Kier molecular flexibility index (Phi) is 8.40. The van der Waals surface area contributed by atoms with E-state index in [1.165, 1.54) is 12.2 Å². The van der Waals surface area contributed by atoms with E-state index in [1.54, 1.807) is 38.1 Å². The summed E-state index contributed by atoms with van der Waals surface area (Å²) in [4.78, 5) is 24.0. The molecular formula is C24H23NO5. The minimum atomic E-state index is -0.699. The molecule has 0 radical (unpaired) electrons. The first-order valence-corrected chi connectivity index (χ1v) is 9.49. The topological polar surface area (TPSA) is 85.6 Å². The van der Waals surface area contributed by atoms with Gasteiger partial charge in [-0.15, -0.1) is 0 Å². The number of hydrogen-bond donors (Lipinski definition) is 0. The first-order chi connectivity index (χ1) is 14.5. The number of nitriles is 1. The number of carbonyl (C=O) groups excluding carboxylic acids is 2. The van der Waals surface area contributed by atoms with Gasteiger partial charge >= 0.3 is 11.9 Å². The van der Waals surface area contributed by atoms with Crippen LogP contribution in [-0.2, 0) is 14.3 Å². The van der Waals surface area contributed by atoms with E-state index in [4.69, 9.17) is 14.2 Å². The Hall–Kier alpha value is -3.85. The summed E-state index contributed by atoms with van der Waals surface area (Å²) in [6, 6.07) is 14.3. The highest BCUT2D eigenvalue weighted by Crippen LogP contribution is 2.29. The van der Waals surface area contributed by atoms with Crippen LogP contribution in [0.2, 0.25) is 0 Å². The van der Waals surface area contributed by atoms with Crippen molar-refractivity contribution in [2.24, 2.45) is 0 Å². The Morgan fingerprint density at radius 2 is 1.70 bits per heavy atom. The quantitative estimate of drug-likeness (QED) is 0.279. The van der Waals surface area contributed by atoms with Crippen LogP contribution in [0, 0.1) is 18.3 Å². The van der Waals surface area contributed by atoms with Gasteiger partial charge in [0.25, 0.3) is 0 Å². The minimum absolute atomic E-state index is 0.134. The van der Waals surface area contributed by atoms with Crippen LogP contribution in [0.4, 0.5) is 0 Å². The molecule has 0 spiro atoms. The predicted molar refractivity (Wildman–Crippen MR) is 114 cm³/mol. The monoisotopic (exact) mass is 405 g/mol. The molecule has 6 nitrogen and oxygen atoms in total. The van der Waals surface area contributed by atoms with E-state index < -0.39 is 11.9 Å². The zero-order valence-corrected chi connectivity index (χ0v) is 17.2. The van der Waals surface area contributed by atoms with Crippen LogP contribution in [-0.4, -0.2) is 25.2 Å². The van der Waals surface area contributed by atoms with Crippen molar-refractivity contribution in [2.75, 3.05) is 13.2 Å². The Bertz CT molecular complexity index is 997. The highest BCUT2D eigenvalue weighted by atomic mass is 16.6. The molecule has 0 bridgehead atoms. The zero-order chi connectivity index (χ0) is 21.9. The number of carbonyl (C=O) groups is 2. The van der Waals surface area contributed by atoms with Gasteiger partial charge in [0.2, 0.25) is 0 Å². The molecule has 2 rings (SSSR count). The number of benzene rings is 2. The van der Waals surface area contributed by atoms with E-state index in [1.807, 2.05) is 37.3 Å². The fraction of sp³-hybridized carbons (Fsp3) is 0.208. The van der Waals surface area contributed by atoms with E-state index in [0.29, 0.717) is 17.9 Å². The van der Waals surface area contributed by atoms with Crippen molar-refractivity contribution < 1.29 is 23.8 Å². The van der Waals surface area contributed by atoms with Crippen molar-refractivity contribution in [3.8, 4) is 17.6 Å². The van der Waals surface area contributed by atoms with Crippen LogP contribution in [0.15, 0.2) is 54.1 Å². The third kappa shape index (κ3) is 6.64. The molecule has 0 aromatic heterocycles. The fourth-order valence-electron chi connectivity index (χ4n) is 2.46. The molecular weight excluding hydrogens is 382 g/mol. The Morgan fingerprint density at radius 1 is 1.00 bits per heavy atom. The van der Waals surface area contributed by atoms with Crippen LogP contribution >= 0.6 is 0 Å². The standard InChI is InChI=1S/C24H23NO5/c1-4-28-22-15-19(14-20(16-25)24(27)29-5-2)10-12-21(22)30-23(26)13-11-18-8-6-17(3)7-9-18/h6-15H,4-5H2,1-3H3/b13-11+,20-14-. The van der Waals surface area contributed by atoms with Crippen molar-refractivity contribution in [1.29, 1.82) is 5.26 Å². The van der Waals surface area contributed by atoms with E-state index >= 15 is 0 Å². The van der Waals surface area contributed by atoms with Gasteiger partial charge in [0.05, 0.1) is 13.2 Å². The van der Waals surface area contributed by atoms with Gasteiger partial charge in [-0.1, -0.05) is 35.9 Å². The molecule has 0 aliphatic rings. The molecule has 0 saturated heterocycles. The van der Waals surface area contributed by atoms with Gasteiger partial charge in [-0.3, -0.25) is 0 Å². The van der Waals surface area contributed by atoms with Crippen molar-refractivity contribution >= 4 is 24.1 Å². The van der Waals surface area contributed by atoms with Crippen LogP contribution in [0.1, 0.15) is 30.5 Å². The molecule has 0 saturated carbocycles. The highest BCUT2D eigenvalue weighted by molar-refractivity contribution is 5.98. The van der Waals surface area contributed by atoms with E-state index in [-0.39, 0.29) is 17.9 Å². The summed E-state index contributed by atoms with van der Waals surface area (Å²) >= 11 is 0. The summed E-state index contributed by atoms with van der Waals surface area (Å²) in [5.74, 6) is -0.689. The highest BCUT2D eigenvalue weighted by Gasteiger charge is 2.13. The molecule has 154 valence electrons. The number of nitrogens with zero attached hydrogens (tertiary/aromatic N) is 1. The molecule has 0 unspecified atom stereocenters. The average molecular weight is 405 g/mol. The maximum Gasteiger partial charge on any atom is 0.348 e. The summed E-state index contributed by atoms with van der Waals surface area (Å²) in [7, 11) is 0. The molecule has 0 aliphatic heterocycles. The average Bonchev–Trinajstić information content (AvgIpc) is 2.73. The number of rotatable bonds is 8. The van der Waals surface area contributed by atoms with Crippen LogP contribution in [0.25, 0.3) is 12.2 Å². The molecule has 2 aromatic carbocycles. The number of ether oxygens (including phenoxy) is 3. The molecule has 30 heavy (non-hydrogen) atoms. The van der Waals surface area contributed by atoms with Gasteiger partial charge in [-0.05, 0) is 56.2 Å². The van der Waals surface area contributed by atoms with Gasteiger partial charge in [-0.2, -0.15) is 5.26 Å². The summed E-state index contributed by atoms with van der Waals surface area (Å²) < 4.78 is 15.8. The first kappa shape index (κ1) is 22.4. The second-order valence-corrected chi connectivity index (χ2v) is 6.19. The molecule has 6 heteroatoms. The SMILES string of the molecule is CCOC(=O)/C(C#N)=C\c1ccc(OC(=O)/C=C/c2ccc(C)cc2)c(OCC)c1. The van der Waals surface area contributed by atoms with Crippen molar-refractivity contribution in [3.63, 3.8) is 0 Å². The second-order valence-electron chi connectivity index (χ2n) is 6.19. The number of aryl methyl sites for hydroxylation is 1. The lowest BCUT2D eigenvalue weighted by Gasteiger charge is -2.10. The Balaban J connectivity index is 2.20. The summed E-state index contributed by atoms with van der Waals surface area (Å²) in [5, 5.41) is 9.17. The normalized spacial score (nSPS) is 11.1. The van der Waals surface area contributed by atoms with Gasteiger partial charge in [-0.25, -0.2) is 9.59 Å². The van der Waals surface area contributed by atoms with Gasteiger partial charge < -0.3 is 14.2 Å². The fourth-order valence-corrected chi connectivity index (χ4v) is 2.46. The van der Waals surface area contributed by atoms with E-state index in [9.17, 15) is 14.9 Å². The number of esters is 2. The van der Waals surface area contributed by atoms with Gasteiger partial charge in [0, 0.05) is 6.08 Å². The molecule has 0 heterocycles. The van der Waals surface area contributed by atoms with Gasteiger partial charge in [0.15, 0.2) is 11.5 Å². The molecule has 0 fully saturated rings. The van der Waals surface area contributed by atoms with Crippen LogP contribution < -0.4 is 9.47 Å². The Labute approximate surface area is 176 Å². The lowest BCUT2D eigenvalue weighted by Crippen LogP contribution is -2.07. The molecule has 0 amide bonds. The summed E-state index contributed by atoms with van der Waals surface area (Å²) in [6.45, 7) is 5.97. The zero-order valence-electron chi connectivity index (χ0n) is 17.2.